The SMILES string of the molecule is CN(CCC#N)C(CN)c1ccncc1. The van der Waals surface area contributed by atoms with E-state index in [4.69, 9.17) is 11.0 Å². The molecular formula is C11H16N4. The predicted molar refractivity (Wildman–Crippen MR) is 58.9 cm³/mol. The summed E-state index contributed by atoms with van der Waals surface area (Å²) >= 11 is 0. The Balaban J connectivity index is 2.68. The first kappa shape index (κ1) is 11.6. The minimum atomic E-state index is 0.168. The number of rotatable bonds is 5. The molecule has 0 fully saturated rings. The Hall–Kier alpha value is -1.44. The highest BCUT2D eigenvalue weighted by molar-refractivity contribution is 5.15. The lowest BCUT2D eigenvalue weighted by molar-refractivity contribution is 0.255. The van der Waals surface area contributed by atoms with Crippen molar-refractivity contribution in [2.45, 2.75) is 12.5 Å². The Bertz CT molecular complexity index is 317. The van der Waals surface area contributed by atoms with Crippen molar-refractivity contribution in [3.05, 3.63) is 30.1 Å². The summed E-state index contributed by atoms with van der Waals surface area (Å²) in [5.74, 6) is 0. The number of pyridine rings is 1. The maximum Gasteiger partial charge on any atom is 0.0635 e. The van der Waals surface area contributed by atoms with Gasteiger partial charge in [-0.15, -0.1) is 0 Å². The number of hydrogen-bond donors (Lipinski definition) is 1. The van der Waals surface area contributed by atoms with Gasteiger partial charge in [0.05, 0.1) is 6.07 Å². The first-order valence-corrected chi connectivity index (χ1v) is 4.96. The highest BCUT2D eigenvalue weighted by Crippen LogP contribution is 2.16. The molecule has 1 aromatic heterocycles. The van der Waals surface area contributed by atoms with Crippen LogP contribution in [0, 0.1) is 11.3 Å². The fourth-order valence-electron chi connectivity index (χ4n) is 1.54. The van der Waals surface area contributed by atoms with Crippen molar-refractivity contribution in [3.63, 3.8) is 0 Å². The summed E-state index contributed by atoms with van der Waals surface area (Å²) in [4.78, 5) is 6.07. The molecule has 1 atom stereocenters. The van der Waals surface area contributed by atoms with Crippen molar-refractivity contribution in [1.82, 2.24) is 9.88 Å². The van der Waals surface area contributed by atoms with Gasteiger partial charge in [0.15, 0.2) is 0 Å². The van der Waals surface area contributed by atoms with Crippen molar-refractivity contribution in [3.8, 4) is 6.07 Å². The maximum atomic E-state index is 8.52. The zero-order chi connectivity index (χ0) is 11.1. The third kappa shape index (κ3) is 3.31. The highest BCUT2D eigenvalue weighted by atomic mass is 15.1. The highest BCUT2D eigenvalue weighted by Gasteiger charge is 2.14. The molecule has 0 aliphatic carbocycles. The molecule has 1 unspecified atom stereocenters. The van der Waals surface area contributed by atoms with Gasteiger partial charge in [0.1, 0.15) is 0 Å². The quantitative estimate of drug-likeness (QED) is 0.774. The van der Waals surface area contributed by atoms with Gasteiger partial charge in [-0.25, -0.2) is 0 Å². The summed E-state index contributed by atoms with van der Waals surface area (Å²) in [7, 11) is 1.98. The molecule has 0 amide bonds. The molecule has 0 aromatic carbocycles. The Morgan fingerprint density at radius 1 is 1.53 bits per heavy atom. The standard InChI is InChI=1S/C11H16N4/c1-15(8-2-5-12)11(9-13)10-3-6-14-7-4-10/h3-4,6-7,11H,2,8-9,13H2,1H3. The molecule has 0 radical (unpaired) electrons. The number of aromatic nitrogens is 1. The van der Waals surface area contributed by atoms with Crippen LogP contribution in [0.5, 0.6) is 0 Å². The van der Waals surface area contributed by atoms with Gasteiger partial charge in [0.25, 0.3) is 0 Å². The second-order valence-corrected chi connectivity index (χ2v) is 3.42. The van der Waals surface area contributed by atoms with Crippen LogP contribution >= 0.6 is 0 Å². The number of nitriles is 1. The van der Waals surface area contributed by atoms with Crippen LogP contribution in [0.1, 0.15) is 18.0 Å². The first-order chi connectivity index (χ1) is 7.29. The van der Waals surface area contributed by atoms with E-state index in [0.717, 1.165) is 12.1 Å². The van der Waals surface area contributed by atoms with Gasteiger partial charge in [-0.05, 0) is 24.7 Å². The zero-order valence-corrected chi connectivity index (χ0v) is 8.93. The molecular weight excluding hydrogens is 188 g/mol. The van der Waals surface area contributed by atoms with Gasteiger partial charge >= 0.3 is 0 Å². The predicted octanol–water partition coefficient (Wildman–Crippen LogP) is 0.927. The first-order valence-electron chi connectivity index (χ1n) is 4.96. The topological polar surface area (TPSA) is 65.9 Å². The molecule has 0 saturated heterocycles. The molecule has 0 aliphatic heterocycles. The molecule has 4 heteroatoms. The van der Waals surface area contributed by atoms with Gasteiger partial charge in [0.2, 0.25) is 0 Å². The molecule has 0 aliphatic rings. The molecule has 4 nitrogen and oxygen atoms in total. The minimum Gasteiger partial charge on any atom is -0.329 e. The fraction of sp³-hybridized carbons (Fsp3) is 0.455. The van der Waals surface area contributed by atoms with E-state index in [1.165, 1.54) is 0 Å². The van der Waals surface area contributed by atoms with Crippen LogP contribution in [0.3, 0.4) is 0 Å². The minimum absolute atomic E-state index is 0.168. The van der Waals surface area contributed by atoms with Crippen molar-refractivity contribution >= 4 is 0 Å². The van der Waals surface area contributed by atoms with Gasteiger partial charge in [-0.3, -0.25) is 9.88 Å². The average molecular weight is 204 g/mol. The van der Waals surface area contributed by atoms with Crippen LogP contribution in [0.4, 0.5) is 0 Å². The third-order valence-corrected chi connectivity index (χ3v) is 2.42. The lowest BCUT2D eigenvalue weighted by Gasteiger charge is -2.26. The average Bonchev–Trinajstić information content (AvgIpc) is 2.29. The van der Waals surface area contributed by atoms with E-state index in [-0.39, 0.29) is 6.04 Å². The van der Waals surface area contributed by atoms with Crippen LogP contribution < -0.4 is 5.73 Å². The fourth-order valence-corrected chi connectivity index (χ4v) is 1.54. The summed E-state index contributed by atoms with van der Waals surface area (Å²) < 4.78 is 0. The second-order valence-electron chi connectivity index (χ2n) is 3.42. The van der Waals surface area contributed by atoms with Crippen LogP contribution in [-0.2, 0) is 0 Å². The van der Waals surface area contributed by atoms with Crippen LogP contribution in [0.25, 0.3) is 0 Å². The van der Waals surface area contributed by atoms with Crippen molar-refractivity contribution in [1.29, 1.82) is 5.26 Å². The molecule has 1 heterocycles. The molecule has 0 spiro atoms. The lowest BCUT2D eigenvalue weighted by Crippen LogP contribution is -2.31. The molecule has 15 heavy (non-hydrogen) atoms. The number of nitrogens with two attached hydrogens (primary N) is 1. The van der Waals surface area contributed by atoms with Crippen LogP contribution in [-0.4, -0.2) is 30.0 Å². The maximum absolute atomic E-state index is 8.52. The van der Waals surface area contributed by atoms with Crippen LogP contribution in [0.2, 0.25) is 0 Å². The number of nitrogens with zero attached hydrogens (tertiary/aromatic N) is 3. The van der Waals surface area contributed by atoms with E-state index < -0.39 is 0 Å². The molecule has 1 aromatic rings. The third-order valence-electron chi connectivity index (χ3n) is 2.42. The zero-order valence-electron chi connectivity index (χ0n) is 8.93. The number of likely N-dealkylation sites (N-methyl/N-ethyl adjacent to an activating group) is 1. The molecule has 1 rings (SSSR count). The summed E-state index contributed by atoms with van der Waals surface area (Å²) in [5, 5.41) is 8.52. The largest absolute Gasteiger partial charge is 0.329 e. The second kappa shape index (κ2) is 6.12. The van der Waals surface area contributed by atoms with Crippen molar-refractivity contribution < 1.29 is 0 Å². The molecule has 2 N–H and O–H groups in total. The Kier molecular flexibility index (Phi) is 4.75. The van der Waals surface area contributed by atoms with Crippen molar-refractivity contribution in [2.24, 2.45) is 5.73 Å². The summed E-state index contributed by atoms with van der Waals surface area (Å²) in [6.07, 6.45) is 4.05. The Labute approximate surface area is 90.3 Å². The molecule has 0 bridgehead atoms. The smallest absolute Gasteiger partial charge is 0.0635 e. The van der Waals surface area contributed by atoms with Gasteiger partial charge in [-0.1, -0.05) is 0 Å². The van der Waals surface area contributed by atoms with Gasteiger partial charge < -0.3 is 5.73 Å². The monoisotopic (exact) mass is 204 g/mol. The Morgan fingerprint density at radius 3 is 2.73 bits per heavy atom. The number of hydrogen-bond acceptors (Lipinski definition) is 4. The Morgan fingerprint density at radius 2 is 2.20 bits per heavy atom. The van der Waals surface area contributed by atoms with Gasteiger partial charge in [0, 0.05) is 37.9 Å². The summed E-state index contributed by atoms with van der Waals surface area (Å²) in [6.45, 7) is 1.28. The van der Waals surface area contributed by atoms with E-state index in [1.807, 2.05) is 19.2 Å². The van der Waals surface area contributed by atoms with E-state index >= 15 is 0 Å². The van der Waals surface area contributed by atoms with Crippen LogP contribution in [0.15, 0.2) is 24.5 Å². The molecule has 80 valence electrons. The van der Waals surface area contributed by atoms with E-state index in [2.05, 4.69) is 16.0 Å². The van der Waals surface area contributed by atoms with E-state index in [1.54, 1.807) is 12.4 Å². The van der Waals surface area contributed by atoms with Gasteiger partial charge in [-0.2, -0.15) is 5.26 Å². The normalized spacial score (nSPS) is 12.4. The summed E-state index contributed by atoms with van der Waals surface area (Å²) in [5.41, 5.74) is 6.88. The summed E-state index contributed by atoms with van der Waals surface area (Å²) in [6, 6.07) is 6.22. The molecule has 0 saturated carbocycles. The van der Waals surface area contributed by atoms with Crippen molar-refractivity contribution in [2.75, 3.05) is 20.1 Å². The van der Waals surface area contributed by atoms with E-state index in [9.17, 15) is 0 Å². The van der Waals surface area contributed by atoms with E-state index in [0.29, 0.717) is 13.0 Å². The lowest BCUT2D eigenvalue weighted by atomic mass is 10.1.